The fourth-order valence-electron chi connectivity index (χ4n) is 4.01. The number of benzene rings is 5. The Morgan fingerprint density at radius 2 is 0.757 bits per heavy atom. The number of rotatable bonds is 8. The van der Waals surface area contributed by atoms with Crippen LogP contribution in [0.4, 0.5) is 0 Å². The minimum atomic E-state index is -0.00349. The quantitative estimate of drug-likeness (QED) is 0.207. The zero-order valence-electron chi connectivity index (χ0n) is 21.0. The Labute approximate surface area is 218 Å². The first-order valence-corrected chi connectivity index (χ1v) is 12.3. The minimum absolute atomic E-state index is 0.00349. The fourth-order valence-corrected chi connectivity index (χ4v) is 4.01. The lowest BCUT2D eigenvalue weighted by Gasteiger charge is -2.10. The predicted octanol–water partition coefficient (Wildman–Crippen LogP) is 8.71. The number of aryl methyl sites for hydroxylation is 2. The molecule has 5 aromatic rings. The van der Waals surface area contributed by atoms with Crippen LogP contribution >= 0.6 is 0 Å². The van der Waals surface area contributed by atoms with Crippen LogP contribution in [0.3, 0.4) is 0 Å². The molecule has 0 saturated heterocycles. The van der Waals surface area contributed by atoms with Crippen LogP contribution in [0.15, 0.2) is 121 Å². The molecule has 182 valence electrons. The molecule has 0 saturated carbocycles. The molecule has 3 heteroatoms. The van der Waals surface area contributed by atoms with E-state index in [1.807, 2.05) is 79.7 Å². The molecular weight excluding hydrogens is 456 g/mol. The summed E-state index contributed by atoms with van der Waals surface area (Å²) in [6, 6.07) is 39.1. The first-order valence-electron chi connectivity index (χ1n) is 12.3. The second-order valence-electron chi connectivity index (χ2n) is 9.20. The zero-order chi connectivity index (χ0) is 25.6. The van der Waals surface area contributed by atoms with Gasteiger partial charge in [-0.2, -0.15) is 0 Å². The average Bonchev–Trinajstić information content (AvgIpc) is 2.93. The molecule has 0 radical (unpaired) electrons. The van der Waals surface area contributed by atoms with Crippen LogP contribution in [-0.2, 0) is 6.42 Å². The van der Waals surface area contributed by atoms with Crippen molar-refractivity contribution in [1.29, 1.82) is 0 Å². The highest BCUT2D eigenvalue weighted by Crippen LogP contribution is 2.28. The van der Waals surface area contributed by atoms with Crippen molar-refractivity contribution >= 4 is 5.78 Å². The third-order valence-corrected chi connectivity index (χ3v) is 6.18. The molecule has 0 amide bonds. The van der Waals surface area contributed by atoms with E-state index in [-0.39, 0.29) is 5.78 Å². The van der Waals surface area contributed by atoms with Crippen LogP contribution in [0.1, 0.15) is 38.2 Å². The average molecular weight is 485 g/mol. The van der Waals surface area contributed by atoms with Crippen molar-refractivity contribution in [2.45, 2.75) is 20.3 Å². The summed E-state index contributed by atoms with van der Waals surface area (Å²) in [6.45, 7) is 4.10. The Balaban J connectivity index is 1.16. The van der Waals surface area contributed by atoms with Gasteiger partial charge >= 0.3 is 0 Å². The highest BCUT2D eigenvalue weighted by atomic mass is 16.5. The van der Waals surface area contributed by atoms with Gasteiger partial charge in [0.25, 0.3) is 0 Å². The Morgan fingerprint density at radius 1 is 0.459 bits per heavy atom. The smallest absolute Gasteiger partial charge is 0.193 e. The van der Waals surface area contributed by atoms with E-state index in [1.54, 1.807) is 12.1 Å². The molecule has 5 aromatic carbocycles. The number of hydrogen-bond donors (Lipinski definition) is 0. The maximum atomic E-state index is 12.7. The molecule has 0 aliphatic carbocycles. The maximum Gasteiger partial charge on any atom is 0.193 e. The van der Waals surface area contributed by atoms with Crippen LogP contribution in [0.5, 0.6) is 23.0 Å². The van der Waals surface area contributed by atoms with Crippen molar-refractivity contribution in [3.8, 4) is 23.0 Å². The van der Waals surface area contributed by atoms with Crippen molar-refractivity contribution in [3.05, 3.63) is 155 Å². The summed E-state index contributed by atoms with van der Waals surface area (Å²) in [5.74, 6) is 2.88. The SMILES string of the molecule is Cc1ccc(Cc2ccc(Oc3ccc(Oc4ccc(C(=O)c5ccc(C)cc5)cc4)cc3)cc2)cc1. The second kappa shape index (κ2) is 11.0. The van der Waals surface area contributed by atoms with E-state index in [0.717, 1.165) is 23.5 Å². The molecule has 5 rings (SSSR count). The van der Waals surface area contributed by atoms with Crippen LogP contribution in [0, 0.1) is 13.8 Å². The van der Waals surface area contributed by atoms with Gasteiger partial charge in [0, 0.05) is 11.1 Å². The van der Waals surface area contributed by atoms with E-state index < -0.39 is 0 Å². The zero-order valence-corrected chi connectivity index (χ0v) is 21.0. The fraction of sp³-hybridized carbons (Fsp3) is 0.0882. The van der Waals surface area contributed by atoms with E-state index in [9.17, 15) is 4.79 Å². The molecule has 0 spiro atoms. The lowest BCUT2D eigenvalue weighted by atomic mass is 10.0. The molecule has 0 N–H and O–H groups in total. The van der Waals surface area contributed by atoms with Gasteiger partial charge in [-0.15, -0.1) is 0 Å². The molecule has 37 heavy (non-hydrogen) atoms. The summed E-state index contributed by atoms with van der Waals surface area (Å²) < 4.78 is 12.0. The highest BCUT2D eigenvalue weighted by Gasteiger charge is 2.09. The monoisotopic (exact) mass is 484 g/mol. The summed E-state index contributed by atoms with van der Waals surface area (Å²) in [5.41, 5.74) is 6.24. The highest BCUT2D eigenvalue weighted by molar-refractivity contribution is 6.09. The van der Waals surface area contributed by atoms with Crippen LogP contribution < -0.4 is 9.47 Å². The Bertz CT molecular complexity index is 1460. The molecule has 0 unspecified atom stereocenters. The molecule has 0 heterocycles. The summed E-state index contributed by atoms with van der Waals surface area (Å²) in [7, 11) is 0. The van der Waals surface area contributed by atoms with Crippen molar-refractivity contribution < 1.29 is 14.3 Å². The summed E-state index contributed by atoms with van der Waals surface area (Å²) >= 11 is 0. The van der Waals surface area contributed by atoms with Gasteiger partial charge in [0.05, 0.1) is 0 Å². The van der Waals surface area contributed by atoms with Crippen molar-refractivity contribution in [2.24, 2.45) is 0 Å². The number of ether oxygens (including phenoxy) is 2. The van der Waals surface area contributed by atoms with Gasteiger partial charge in [-0.25, -0.2) is 0 Å². The molecule has 0 bridgehead atoms. The van der Waals surface area contributed by atoms with Crippen LogP contribution in [0.25, 0.3) is 0 Å². The van der Waals surface area contributed by atoms with Gasteiger partial charge in [-0.3, -0.25) is 4.79 Å². The molecular formula is C34H28O3. The Kier molecular flexibility index (Phi) is 7.14. The molecule has 0 aromatic heterocycles. The summed E-state index contributed by atoms with van der Waals surface area (Å²) in [6.07, 6.45) is 0.897. The molecule has 0 aliphatic rings. The maximum absolute atomic E-state index is 12.7. The van der Waals surface area contributed by atoms with E-state index in [0.29, 0.717) is 22.6 Å². The first-order chi connectivity index (χ1) is 18.0. The summed E-state index contributed by atoms with van der Waals surface area (Å²) in [4.78, 5) is 12.7. The molecule has 0 fully saturated rings. The second-order valence-corrected chi connectivity index (χ2v) is 9.20. The summed E-state index contributed by atoms with van der Waals surface area (Å²) in [5, 5.41) is 0. The van der Waals surface area contributed by atoms with Gasteiger partial charge in [0.1, 0.15) is 23.0 Å². The van der Waals surface area contributed by atoms with Gasteiger partial charge in [-0.1, -0.05) is 71.8 Å². The minimum Gasteiger partial charge on any atom is -0.457 e. The predicted molar refractivity (Wildman–Crippen MR) is 148 cm³/mol. The van der Waals surface area contributed by atoms with Crippen molar-refractivity contribution in [2.75, 3.05) is 0 Å². The van der Waals surface area contributed by atoms with E-state index in [1.165, 1.54) is 16.7 Å². The van der Waals surface area contributed by atoms with E-state index >= 15 is 0 Å². The topological polar surface area (TPSA) is 35.5 Å². The standard InChI is InChI=1S/C34H28O3/c1-24-3-7-26(8-4-24)23-27-9-15-30(16-10-27)36-32-19-21-33(22-20-32)37-31-17-13-29(14-18-31)34(35)28-11-5-25(2)6-12-28/h3-22H,23H2,1-2H3. The Hall–Kier alpha value is -4.63. The lowest BCUT2D eigenvalue weighted by molar-refractivity contribution is 0.103. The van der Waals surface area contributed by atoms with Crippen molar-refractivity contribution in [3.63, 3.8) is 0 Å². The number of carbonyl (C=O) groups excluding carboxylic acids is 1. The normalized spacial score (nSPS) is 10.6. The lowest BCUT2D eigenvalue weighted by Crippen LogP contribution is -2.00. The molecule has 0 aliphatic heterocycles. The third kappa shape index (κ3) is 6.33. The number of carbonyl (C=O) groups is 1. The van der Waals surface area contributed by atoms with E-state index in [4.69, 9.17) is 9.47 Å². The third-order valence-electron chi connectivity index (χ3n) is 6.18. The van der Waals surface area contributed by atoms with Gasteiger partial charge in [-0.05, 0) is 92.1 Å². The number of hydrogen-bond acceptors (Lipinski definition) is 3. The largest absolute Gasteiger partial charge is 0.457 e. The van der Waals surface area contributed by atoms with Crippen LogP contribution in [-0.4, -0.2) is 5.78 Å². The number of ketones is 1. The van der Waals surface area contributed by atoms with Crippen molar-refractivity contribution in [1.82, 2.24) is 0 Å². The van der Waals surface area contributed by atoms with Gasteiger partial charge in [0.15, 0.2) is 5.78 Å². The molecule has 3 nitrogen and oxygen atoms in total. The first kappa shape index (κ1) is 24.1. The van der Waals surface area contributed by atoms with Crippen LogP contribution in [0.2, 0.25) is 0 Å². The van der Waals surface area contributed by atoms with Gasteiger partial charge in [0.2, 0.25) is 0 Å². The van der Waals surface area contributed by atoms with Gasteiger partial charge < -0.3 is 9.47 Å². The molecule has 0 atom stereocenters. The van der Waals surface area contributed by atoms with E-state index in [2.05, 4.69) is 43.3 Å². The Morgan fingerprint density at radius 3 is 1.19 bits per heavy atom.